The quantitative estimate of drug-likeness (QED) is 0.0478. The van der Waals surface area contributed by atoms with Crippen molar-refractivity contribution in [3.05, 3.63) is 60.7 Å². The van der Waals surface area contributed by atoms with E-state index in [4.69, 9.17) is 9.15 Å². The van der Waals surface area contributed by atoms with Crippen LogP contribution in [-0.4, -0.2) is 49.1 Å². The maximum Gasteiger partial charge on any atom is 0.378 e. The van der Waals surface area contributed by atoms with E-state index in [9.17, 15) is 39.9 Å². The van der Waals surface area contributed by atoms with Crippen LogP contribution in [0.25, 0.3) is 22.3 Å². The highest BCUT2D eigenvalue weighted by Crippen LogP contribution is 2.55. The maximum atomic E-state index is 14.4. The Kier molecular flexibility index (Phi) is 11.4. The minimum Gasteiger partial charge on any atom is -0.496 e. The molecule has 0 bridgehead atoms. The Morgan fingerprint density at radius 3 is 2.25 bits per heavy atom. The predicted molar refractivity (Wildman–Crippen MR) is 152 cm³/mol. The summed E-state index contributed by atoms with van der Waals surface area (Å²) in [4.78, 5) is 11.2. The molecule has 3 rings (SSSR count). The van der Waals surface area contributed by atoms with Gasteiger partial charge >= 0.3 is 29.7 Å². The molecule has 3 aromatic rings. The number of alkyl halides is 8. The molecule has 0 aliphatic carbocycles. The van der Waals surface area contributed by atoms with Crippen LogP contribution in [0.3, 0.4) is 0 Å². The second kappa shape index (κ2) is 14.3. The first-order valence-corrected chi connectivity index (χ1v) is 14.7. The molecular formula is C31H32F8O4S. The Balaban J connectivity index is 1.69. The lowest BCUT2D eigenvalue weighted by Crippen LogP contribution is -2.62. The average molecular weight is 653 g/mol. The lowest BCUT2D eigenvalue weighted by atomic mass is 9.95. The van der Waals surface area contributed by atoms with E-state index in [-0.39, 0.29) is 0 Å². The number of unbranched alkanes of at least 4 members (excludes halogenated alkanes) is 2. The third-order valence-electron chi connectivity index (χ3n) is 6.92. The molecule has 0 unspecified atom stereocenters. The number of benzene rings is 2. The van der Waals surface area contributed by atoms with Gasteiger partial charge in [0.05, 0.1) is 25.7 Å². The second-order valence-electron chi connectivity index (χ2n) is 10.1. The highest BCUT2D eigenvalue weighted by atomic mass is 32.2. The third kappa shape index (κ3) is 7.70. The molecule has 4 nitrogen and oxygen atoms in total. The number of ether oxygens (including phenoxy) is 2. The average Bonchev–Trinajstić information content (AvgIpc) is 3.40. The van der Waals surface area contributed by atoms with Gasteiger partial charge < -0.3 is 13.9 Å². The third-order valence-corrected chi connectivity index (χ3v) is 7.91. The number of rotatable bonds is 17. The SMILES string of the molecule is C=CC(=O)OCCC(F)(F)C(F)(F)C(F)(F)C(F)(F)CCSc1ccc2cc(-c3ccc(CCCCC)cc3OC)oc2c1. The Bertz CT molecular complexity index is 1440. The van der Waals surface area contributed by atoms with Crippen molar-refractivity contribution in [3.63, 3.8) is 0 Å². The molecule has 0 fully saturated rings. The van der Waals surface area contributed by atoms with E-state index in [2.05, 4.69) is 18.2 Å². The summed E-state index contributed by atoms with van der Waals surface area (Å²) < 4.78 is 129. The topological polar surface area (TPSA) is 48.7 Å². The van der Waals surface area contributed by atoms with Gasteiger partial charge in [-0.05, 0) is 54.8 Å². The van der Waals surface area contributed by atoms with Crippen LogP contribution in [0.1, 0.15) is 44.6 Å². The zero-order valence-corrected chi connectivity index (χ0v) is 24.9. The number of fused-ring (bicyclic) bond motifs is 1. The Hall–Kier alpha value is -3.22. The summed E-state index contributed by atoms with van der Waals surface area (Å²) in [6, 6.07) is 12.1. The lowest BCUT2D eigenvalue weighted by molar-refractivity contribution is -0.367. The van der Waals surface area contributed by atoms with E-state index in [1.807, 2.05) is 18.2 Å². The number of carbonyl (C=O) groups is 1. The summed E-state index contributed by atoms with van der Waals surface area (Å²) in [5, 5.41) is 0.649. The minimum atomic E-state index is -6.44. The van der Waals surface area contributed by atoms with Crippen LogP contribution in [0.15, 0.2) is 64.4 Å². The van der Waals surface area contributed by atoms with Gasteiger partial charge in [0.1, 0.15) is 17.1 Å². The number of hydrogen-bond acceptors (Lipinski definition) is 5. The summed E-state index contributed by atoms with van der Waals surface area (Å²) in [5.74, 6) is -24.9. The van der Waals surface area contributed by atoms with Crippen LogP contribution < -0.4 is 4.74 Å². The van der Waals surface area contributed by atoms with Crippen LogP contribution in [0.5, 0.6) is 5.75 Å². The van der Waals surface area contributed by atoms with Gasteiger partial charge in [-0.1, -0.05) is 32.4 Å². The number of thioether (sulfide) groups is 1. The number of esters is 1. The minimum absolute atomic E-state index is 0.303. The Labute approximate surface area is 253 Å². The molecule has 1 aromatic heterocycles. The van der Waals surface area contributed by atoms with Crippen molar-refractivity contribution in [2.45, 2.75) is 74.0 Å². The molecule has 0 amide bonds. The van der Waals surface area contributed by atoms with Gasteiger partial charge in [-0.25, -0.2) is 4.79 Å². The normalized spacial score (nSPS) is 12.9. The number of halogens is 8. The molecular weight excluding hydrogens is 620 g/mol. The monoisotopic (exact) mass is 652 g/mol. The van der Waals surface area contributed by atoms with Gasteiger partial charge in [-0.3, -0.25) is 0 Å². The maximum absolute atomic E-state index is 14.4. The molecule has 0 atom stereocenters. The number of methoxy groups -OCH3 is 1. The van der Waals surface area contributed by atoms with Gasteiger partial charge in [0.25, 0.3) is 0 Å². The molecule has 1 heterocycles. The van der Waals surface area contributed by atoms with Crippen molar-refractivity contribution in [2.75, 3.05) is 19.5 Å². The van der Waals surface area contributed by atoms with E-state index in [1.165, 1.54) is 19.2 Å². The molecule has 0 aliphatic rings. The molecule has 13 heteroatoms. The number of hydrogen-bond donors (Lipinski definition) is 0. The van der Waals surface area contributed by atoms with Gasteiger partial charge in [-0.2, -0.15) is 35.1 Å². The van der Waals surface area contributed by atoms with E-state index >= 15 is 0 Å². The van der Waals surface area contributed by atoms with Crippen LogP contribution >= 0.6 is 11.8 Å². The molecule has 44 heavy (non-hydrogen) atoms. The molecule has 0 spiro atoms. The number of carbonyl (C=O) groups excluding carboxylic acids is 1. The van der Waals surface area contributed by atoms with E-state index in [1.54, 1.807) is 12.1 Å². The molecule has 0 radical (unpaired) electrons. The zero-order chi connectivity index (χ0) is 32.8. The fourth-order valence-electron chi connectivity index (χ4n) is 4.32. The summed E-state index contributed by atoms with van der Waals surface area (Å²) in [6.45, 7) is 3.67. The van der Waals surface area contributed by atoms with Crippen molar-refractivity contribution in [1.82, 2.24) is 0 Å². The number of aryl methyl sites for hydroxylation is 1. The van der Waals surface area contributed by atoms with E-state index in [0.29, 0.717) is 50.8 Å². The van der Waals surface area contributed by atoms with E-state index in [0.717, 1.165) is 31.2 Å². The van der Waals surface area contributed by atoms with Crippen molar-refractivity contribution in [2.24, 2.45) is 0 Å². The van der Waals surface area contributed by atoms with Crippen molar-refractivity contribution in [1.29, 1.82) is 0 Å². The molecule has 242 valence electrons. The van der Waals surface area contributed by atoms with Crippen molar-refractivity contribution < 1.29 is 53.8 Å². The van der Waals surface area contributed by atoms with E-state index < -0.39 is 54.9 Å². The highest BCUT2D eigenvalue weighted by Gasteiger charge is 2.79. The predicted octanol–water partition coefficient (Wildman–Crippen LogP) is 9.98. The van der Waals surface area contributed by atoms with Crippen molar-refractivity contribution >= 4 is 28.7 Å². The molecule has 0 aliphatic heterocycles. The van der Waals surface area contributed by atoms with Crippen LogP contribution in [0.2, 0.25) is 0 Å². The summed E-state index contributed by atoms with van der Waals surface area (Å²) in [5.41, 5.74) is 2.13. The van der Waals surface area contributed by atoms with Crippen LogP contribution in [0, 0.1) is 0 Å². The molecule has 0 saturated heterocycles. The standard InChI is InChI=1S/C31H32F8O4S/c1-4-6-7-8-20-9-12-23(25(17-20)41-3)26-18-21-10-11-22(19-24(21)43-26)44-16-14-29(34,35)31(38,39)30(36,37)28(32,33)13-15-42-27(40)5-2/h5,9-12,17-19H,2,4,6-8,13-16H2,1,3H3. The smallest absolute Gasteiger partial charge is 0.378 e. The Morgan fingerprint density at radius 2 is 1.61 bits per heavy atom. The molecule has 0 saturated carbocycles. The molecule has 0 N–H and O–H groups in total. The second-order valence-corrected chi connectivity index (χ2v) is 11.2. The molecule has 2 aromatic carbocycles. The zero-order valence-electron chi connectivity index (χ0n) is 24.0. The van der Waals surface area contributed by atoms with Gasteiger partial charge in [0, 0.05) is 28.5 Å². The lowest BCUT2D eigenvalue weighted by Gasteiger charge is -2.36. The van der Waals surface area contributed by atoms with Gasteiger partial charge in [-0.15, -0.1) is 11.8 Å². The first-order chi connectivity index (χ1) is 20.6. The van der Waals surface area contributed by atoms with Crippen LogP contribution in [-0.2, 0) is 16.0 Å². The summed E-state index contributed by atoms with van der Waals surface area (Å²) >= 11 is 0.643. The van der Waals surface area contributed by atoms with Gasteiger partial charge in [0.2, 0.25) is 0 Å². The fraction of sp³-hybridized carbons (Fsp3) is 0.452. The summed E-state index contributed by atoms with van der Waals surface area (Å²) in [6.07, 6.45) is 0.736. The highest BCUT2D eigenvalue weighted by molar-refractivity contribution is 7.99. The first-order valence-electron chi connectivity index (χ1n) is 13.7. The van der Waals surface area contributed by atoms with Crippen molar-refractivity contribution in [3.8, 4) is 17.1 Å². The Morgan fingerprint density at radius 1 is 0.932 bits per heavy atom. The first kappa shape index (κ1) is 35.3. The van der Waals surface area contributed by atoms with Crippen LogP contribution in [0.4, 0.5) is 35.1 Å². The largest absolute Gasteiger partial charge is 0.496 e. The summed E-state index contributed by atoms with van der Waals surface area (Å²) in [7, 11) is 1.53. The fourth-order valence-corrected chi connectivity index (χ4v) is 5.27. The number of furan rings is 1. The van der Waals surface area contributed by atoms with Gasteiger partial charge in [0.15, 0.2) is 0 Å².